The zero-order valence-corrected chi connectivity index (χ0v) is 16.2. The first-order chi connectivity index (χ1) is 11.1. The minimum atomic E-state index is 0.271. The SMILES string of the molecule is Clc1ncc(Br)cn1.OCC1CCN(c2ncc(Br)cn2)CC1. The van der Waals surface area contributed by atoms with Crippen LogP contribution in [-0.4, -0.2) is 44.7 Å². The van der Waals surface area contributed by atoms with Gasteiger partial charge in [0.05, 0.1) is 8.95 Å². The summed E-state index contributed by atoms with van der Waals surface area (Å²) in [7, 11) is 0. The number of piperidine rings is 1. The number of aromatic nitrogens is 4. The van der Waals surface area contributed by atoms with Gasteiger partial charge in [-0.3, -0.25) is 0 Å². The molecule has 0 atom stereocenters. The molecule has 1 fully saturated rings. The standard InChI is InChI=1S/C10H14BrN3O.C4H2BrClN2/c11-9-5-12-10(13-6-9)14-3-1-8(7-15)2-4-14;5-3-1-7-4(6)8-2-3/h5-6,8,15H,1-4,7H2;1-2H. The Morgan fingerprint density at radius 1 is 1.00 bits per heavy atom. The fourth-order valence-electron chi connectivity index (χ4n) is 2.08. The molecule has 1 aliphatic rings. The van der Waals surface area contributed by atoms with E-state index in [9.17, 15) is 0 Å². The molecule has 1 aliphatic heterocycles. The first kappa shape index (κ1) is 18.5. The average molecular weight is 466 g/mol. The van der Waals surface area contributed by atoms with Crippen LogP contribution in [-0.2, 0) is 0 Å². The van der Waals surface area contributed by atoms with Gasteiger partial charge in [-0.2, -0.15) is 0 Å². The van der Waals surface area contributed by atoms with Gasteiger partial charge < -0.3 is 10.0 Å². The lowest BCUT2D eigenvalue weighted by Crippen LogP contribution is -2.35. The highest BCUT2D eigenvalue weighted by molar-refractivity contribution is 9.10. The second-order valence-electron chi connectivity index (χ2n) is 4.98. The van der Waals surface area contributed by atoms with E-state index in [1.807, 2.05) is 0 Å². The molecule has 0 bridgehead atoms. The number of rotatable bonds is 2. The molecule has 124 valence electrons. The Kier molecular flexibility index (Phi) is 7.61. The Labute approximate surface area is 156 Å². The Hall–Kier alpha value is -0.830. The van der Waals surface area contributed by atoms with Crippen molar-refractivity contribution in [3.05, 3.63) is 39.0 Å². The van der Waals surface area contributed by atoms with Gasteiger partial charge in [-0.05, 0) is 62.2 Å². The molecule has 1 N–H and O–H groups in total. The van der Waals surface area contributed by atoms with Crippen LogP contribution in [0.25, 0.3) is 0 Å². The van der Waals surface area contributed by atoms with Crippen molar-refractivity contribution in [2.45, 2.75) is 12.8 Å². The predicted octanol–water partition coefficient (Wildman–Crippen LogP) is 3.34. The van der Waals surface area contributed by atoms with Crippen LogP contribution in [0.15, 0.2) is 33.7 Å². The van der Waals surface area contributed by atoms with E-state index in [1.54, 1.807) is 24.8 Å². The highest BCUT2D eigenvalue weighted by Gasteiger charge is 2.19. The summed E-state index contributed by atoms with van der Waals surface area (Å²) < 4.78 is 1.73. The summed E-state index contributed by atoms with van der Waals surface area (Å²) in [5, 5.41) is 9.30. The second-order valence-corrected chi connectivity index (χ2v) is 7.15. The Bertz CT molecular complexity index is 570. The molecule has 0 amide bonds. The van der Waals surface area contributed by atoms with Crippen molar-refractivity contribution in [3.63, 3.8) is 0 Å². The molecule has 2 aromatic heterocycles. The highest BCUT2D eigenvalue weighted by atomic mass is 79.9. The van der Waals surface area contributed by atoms with E-state index in [0.29, 0.717) is 12.5 Å². The zero-order valence-electron chi connectivity index (χ0n) is 12.2. The maximum atomic E-state index is 9.03. The van der Waals surface area contributed by atoms with E-state index < -0.39 is 0 Å². The summed E-state index contributed by atoms with van der Waals surface area (Å²) in [4.78, 5) is 18.1. The summed E-state index contributed by atoms with van der Waals surface area (Å²) in [6.45, 7) is 2.18. The maximum Gasteiger partial charge on any atom is 0.225 e. The van der Waals surface area contributed by atoms with E-state index >= 15 is 0 Å². The van der Waals surface area contributed by atoms with E-state index in [2.05, 4.69) is 56.7 Å². The number of nitrogens with zero attached hydrogens (tertiary/aromatic N) is 5. The van der Waals surface area contributed by atoms with Crippen LogP contribution in [0.3, 0.4) is 0 Å². The summed E-state index contributed by atoms with van der Waals surface area (Å²) in [5.74, 6) is 1.24. The Morgan fingerprint density at radius 2 is 1.48 bits per heavy atom. The minimum absolute atomic E-state index is 0.271. The monoisotopic (exact) mass is 463 g/mol. The van der Waals surface area contributed by atoms with Crippen LogP contribution in [0.4, 0.5) is 5.95 Å². The second kappa shape index (κ2) is 9.46. The van der Waals surface area contributed by atoms with Crippen LogP contribution in [0.5, 0.6) is 0 Å². The molecule has 0 unspecified atom stereocenters. The molecule has 0 radical (unpaired) electrons. The zero-order chi connectivity index (χ0) is 16.7. The fraction of sp³-hybridized carbons (Fsp3) is 0.429. The van der Waals surface area contributed by atoms with Crippen molar-refractivity contribution in [1.82, 2.24) is 19.9 Å². The molecule has 1 saturated heterocycles. The van der Waals surface area contributed by atoms with Gasteiger partial charge in [0.25, 0.3) is 0 Å². The molecule has 0 aromatic carbocycles. The number of hydrogen-bond donors (Lipinski definition) is 1. The van der Waals surface area contributed by atoms with E-state index in [-0.39, 0.29) is 5.28 Å². The van der Waals surface area contributed by atoms with Gasteiger partial charge in [0.1, 0.15) is 0 Å². The van der Waals surface area contributed by atoms with Crippen LogP contribution in [0.2, 0.25) is 5.28 Å². The summed E-state index contributed by atoms with van der Waals surface area (Å²) in [5.41, 5.74) is 0. The highest BCUT2D eigenvalue weighted by Crippen LogP contribution is 2.20. The van der Waals surface area contributed by atoms with Crippen molar-refractivity contribution in [2.24, 2.45) is 5.92 Å². The van der Waals surface area contributed by atoms with Crippen LogP contribution >= 0.6 is 43.5 Å². The fourth-order valence-corrected chi connectivity index (χ4v) is 2.59. The first-order valence-electron chi connectivity index (χ1n) is 7.05. The Morgan fingerprint density at radius 3 is 1.91 bits per heavy atom. The van der Waals surface area contributed by atoms with Gasteiger partial charge in [-0.15, -0.1) is 0 Å². The molecule has 9 heteroatoms. The van der Waals surface area contributed by atoms with Gasteiger partial charge >= 0.3 is 0 Å². The number of hydrogen-bond acceptors (Lipinski definition) is 6. The lowest BCUT2D eigenvalue weighted by molar-refractivity contribution is 0.202. The van der Waals surface area contributed by atoms with Gasteiger partial charge in [0.15, 0.2) is 0 Å². The molecular weight excluding hydrogens is 449 g/mol. The Balaban J connectivity index is 0.000000203. The van der Waals surface area contributed by atoms with E-state index in [1.165, 1.54) is 0 Å². The molecule has 3 rings (SSSR count). The lowest BCUT2D eigenvalue weighted by Gasteiger charge is -2.30. The predicted molar refractivity (Wildman–Crippen MR) is 96.5 cm³/mol. The largest absolute Gasteiger partial charge is 0.396 e. The summed E-state index contributed by atoms with van der Waals surface area (Å²) in [6, 6.07) is 0. The molecule has 23 heavy (non-hydrogen) atoms. The minimum Gasteiger partial charge on any atom is -0.396 e. The lowest BCUT2D eigenvalue weighted by atomic mass is 9.98. The number of halogens is 3. The number of anilines is 1. The van der Waals surface area contributed by atoms with Gasteiger partial charge in [0.2, 0.25) is 11.2 Å². The van der Waals surface area contributed by atoms with Crippen molar-refractivity contribution in [1.29, 1.82) is 0 Å². The third-order valence-electron chi connectivity index (χ3n) is 3.35. The van der Waals surface area contributed by atoms with E-state index in [4.69, 9.17) is 16.7 Å². The number of aliphatic hydroxyl groups excluding tert-OH is 1. The maximum absolute atomic E-state index is 9.03. The van der Waals surface area contributed by atoms with Crippen LogP contribution in [0.1, 0.15) is 12.8 Å². The molecular formula is C14H16Br2ClN5O. The first-order valence-corrected chi connectivity index (χ1v) is 9.01. The molecule has 6 nitrogen and oxygen atoms in total. The van der Waals surface area contributed by atoms with Crippen molar-refractivity contribution < 1.29 is 5.11 Å². The average Bonchev–Trinajstić information content (AvgIpc) is 2.59. The van der Waals surface area contributed by atoms with Crippen molar-refractivity contribution >= 4 is 49.4 Å². The van der Waals surface area contributed by atoms with Crippen molar-refractivity contribution in [2.75, 3.05) is 24.6 Å². The van der Waals surface area contributed by atoms with Crippen molar-refractivity contribution in [3.8, 4) is 0 Å². The summed E-state index contributed by atoms with van der Waals surface area (Å²) in [6.07, 6.45) is 8.76. The quantitative estimate of drug-likeness (QED) is 0.686. The van der Waals surface area contributed by atoms with Crippen LogP contribution < -0.4 is 4.90 Å². The van der Waals surface area contributed by atoms with E-state index in [0.717, 1.165) is 40.8 Å². The third kappa shape index (κ3) is 6.29. The molecule has 3 heterocycles. The summed E-state index contributed by atoms with van der Waals surface area (Å²) >= 11 is 11.8. The van der Waals surface area contributed by atoms with Crippen LogP contribution in [0, 0.1) is 5.92 Å². The third-order valence-corrected chi connectivity index (χ3v) is 4.37. The normalized spacial score (nSPS) is 15.0. The topological polar surface area (TPSA) is 75.0 Å². The molecule has 0 aliphatic carbocycles. The smallest absolute Gasteiger partial charge is 0.225 e. The molecule has 2 aromatic rings. The van der Waals surface area contributed by atoms with Gasteiger partial charge in [-0.1, -0.05) is 0 Å². The molecule has 0 spiro atoms. The van der Waals surface area contributed by atoms with Gasteiger partial charge in [0, 0.05) is 44.5 Å². The molecule has 0 saturated carbocycles. The van der Waals surface area contributed by atoms with Gasteiger partial charge in [-0.25, -0.2) is 19.9 Å². The number of aliphatic hydroxyl groups is 1.